The summed E-state index contributed by atoms with van der Waals surface area (Å²) >= 11 is 0.735. The molecule has 27 heavy (non-hydrogen) atoms. The first-order chi connectivity index (χ1) is 12.5. The van der Waals surface area contributed by atoms with E-state index in [0.717, 1.165) is 28.6 Å². The van der Waals surface area contributed by atoms with Crippen LogP contribution in [0, 0.1) is 0 Å². The number of methoxy groups -OCH3 is 2. The molecular weight excluding hydrogens is 420 g/mol. The van der Waals surface area contributed by atoms with E-state index in [4.69, 9.17) is 9.47 Å². The largest absolute Gasteiger partial charge is 0.481 e. The zero-order chi connectivity index (χ0) is 20.4. The van der Waals surface area contributed by atoms with E-state index in [1.165, 1.54) is 32.7 Å². The molecule has 0 saturated carbocycles. The summed E-state index contributed by atoms with van der Waals surface area (Å²) in [5, 5.41) is 1.30. The minimum Gasteiger partial charge on any atom is -0.481 e. The van der Waals surface area contributed by atoms with Crippen molar-refractivity contribution in [2.75, 3.05) is 32.4 Å². The molecule has 2 aromatic heterocycles. The molecule has 2 heterocycles. The Hall–Kier alpha value is -2.45. The van der Waals surface area contributed by atoms with Crippen LogP contribution in [0.4, 0.5) is 10.7 Å². The molecular formula is C13H16N4O7S3. The Bertz CT molecular complexity index is 1040. The molecule has 1 N–H and O–H groups in total. The quantitative estimate of drug-likeness (QED) is 0.684. The first kappa shape index (κ1) is 20.9. The van der Waals surface area contributed by atoms with Gasteiger partial charge in [0.05, 0.1) is 20.3 Å². The first-order valence-electron chi connectivity index (χ1n) is 7.04. The topological polar surface area (TPSA) is 145 Å². The first-order valence-corrected chi connectivity index (χ1v) is 11.3. The summed E-state index contributed by atoms with van der Waals surface area (Å²) in [6.07, 6.45) is 0.877. The highest BCUT2D eigenvalue weighted by atomic mass is 32.2. The van der Waals surface area contributed by atoms with Crippen molar-refractivity contribution in [3.63, 3.8) is 0 Å². The van der Waals surface area contributed by atoms with Crippen LogP contribution in [0.15, 0.2) is 26.6 Å². The molecule has 0 aliphatic heterocycles. The molecule has 148 valence electrons. The molecule has 0 spiro atoms. The summed E-state index contributed by atoms with van der Waals surface area (Å²) < 4.78 is 59.7. The highest BCUT2D eigenvalue weighted by Crippen LogP contribution is 2.27. The highest BCUT2D eigenvalue weighted by molar-refractivity contribution is 7.95. The number of sulfone groups is 1. The van der Waals surface area contributed by atoms with Crippen LogP contribution in [0.5, 0.6) is 11.8 Å². The van der Waals surface area contributed by atoms with Crippen molar-refractivity contribution in [1.82, 2.24) is 14.7 Å². The molecule has 0 radical (unpaired) electrons. The van der Waals surface area contributed by atoms with Crippen LogP contribution in [-0.4, -0.2) is 60.4 Å². The van der Waals surface area contributed by atoms with Gasteiger partial charge in [0.1, 0.15) is 9.10 Å². The molecule has 0 bridgehead atoms. The number of hydrogen-bond acceptors (Lipinski definition) is 10. The minimum atomic E-state index is -4.44. The van der Waals surface area contributed by atoms with Gasteiger partial charge in [-0.3, -0.25) is 4.90 Å². The number of sulfonamides is 1. The molecule has 11 nitrogen and oxygen atoms in total. The van der Waals surface area contributed by atoms with E-state index in [-0.39, 0.29) is 21.9 Å². The molecule has 0 atom stereocenters. The number of rotatable bonds is 6. The lowest BCUT2D eigenvalue weighted by Gasteiger charge is -2.17. The maximum atomic E-state index is 12.4. The summed E-state index contributed by atoms with van der Waals surface area (Å²) in [4.78, 5) is 20.5. The number of thiophene rings is 1. The summed E-state index contributed by atoms with van der Waals surface area (Å²) in [5.41, 5.74) is 0. The van der Waals surface area contributed by atoms with Crippen molar-refractivity contribution in [3.8, 4) is 11.8 Å². The molecule has 14 heteroatoms. The molecule has 2 amide bonds. The molecule has 2 rings (SSSR count). The highest BCUT2D eigenvalue weighted by Gasteiger charge is 2.29. The number of carbonyl (C=O) groups excluding carboxylic acids is 1. The van der Waals surface area contributed by atoms with Crippen molar-refractivity contribution in [1.29, 1.82) is 0 Å². The zero-order valence-electron chi connectivity index (χ0n) is 14.7. The fourth-order valence-electron chi connectivity index (χ4n) is 1.83. The second-order valence-corrected chi connectivity index (χ2v) is 9.84. The third-order valence-electron chi connectivity index (χ3n) is 3.13. The third kappa shape index (κ3) is 4.64. The summed E-state index contributed by atoms with van der Waals surface area (Å²) in [6, 6.07) is 1.37. The van der Waals surface area contributed by atoms with Crippen LogP contribution in [0.1, 0.15) is 0 Å². The van der Waals surface area contributed by atoms with E-state index in [0.29, 0.717) is 0 Å². The van der Waals surface area contributed by atoms with Crippen molar-refractivity contribution >= 4 is 43.2 Å². The lowest BCUT2D eigenvalue weighted by atomic mass is 10.6. The number of anilines is 1. The Kier molecular flexibility index (Phi) is 5.91. The molecule has 0 aliphatic rings. The number of hydrogen-bond donors (Lipinski definition) is 1. The summed E-state index contributed by atoms with van der Waals surface area (Å²) in [5.74, 6) is 0.000615. The zero-order valence-corrected chi connectivity index (χ0v) is 17.1. The smallest absolute Gasteiger partial charge is 0.337 e. The number of urea groups is 1. The number of amides is 2. The molecule has 0 saturated heterocycles. The Balaban J connectivity index is 2.33. The van der Waals surface area contributed by atoms with E-state index in [2.05, 4.69) is 9.97 Å². The lowest BCUT2D eigenvalue weighted by molar-refractivity contribution is 0.251. The van der Waals surface area contributed by atoms with Gasteiger partial charge in [0.15, 0.2) is 9.84 Å². The van der Waals surface area contributed by atoms with E-state index in [1.54, 1.807) is 4.72 Å². The van der Waals surface area contributed by atoms with E-state index >= 15 is 0 Å². The number of nitrogens with one attached hydrogen (secondary N) is 1. The van der Waals surface area contributed by atoms with Gasteiger partial charge in [0, 0.05) is 13.3 Å². The Morgan fingerprint density at radius 2 is 1.70 bits per heavy atom. The van der Waals surface area contributed by atoms with Crippen LogP contribution in [-0.2, 0) is 19.9 Å². The number of ether oxygens (including phenoxy) is 2. The number of carbonyl (C=O) groups is 1. The fraction of sp³-hybridized carbons (Fsp3) is 0.308. The Morgan fingerprint density at radius 3 is 2.19 bits per heavy atom. The van der Waals surface area contributed by atoms with E-state index < -0.39 is 30.8 Å². The van der Waals surface area contributed by atoms with Crippen molar-refractivity contribution in [3.05, 3.63) is 17.5 Å². The van der Waals surface area contributed by atoms with E-state index in [1.807, 2.05) is 0 Å². The van der Waals surface area contributed by atoms with Gasteiger partial charge in [0.25, 0.3) is 10.0 Å². The molecule has 0 aliphatic carbocycles. The summed E-state index contributed by atoms with van der Waals surface area (Å²) in [7, 11) is -4.31. The predicted molar refractivity (Wildman–Crippen MR) is 96.7 cm³/mol. The van der Waals surface area contributed by atoms with Gasteiger partial charge < -0.3 is 9.47 Å². The minimum absolute atomic E-state index is 0.0940. The number of aromatic nitrogens is 2. The normalized spacial score (nSPS) is 11.7. The molecule has 0 fully saturated rings. The van der Waals surface area contributed by atoms with Crippen molar-refractivity contribution < 1.29 is 31.1 Å². The molecule has 0 unspecified atom stereocenters. The summed E-state index contributed by atoms with van der Waals surface area (Å²) in [6.45, 7) is 0. The van der Waals surface area contributed by atoms with E-state index in [9.17, 15) is 21.6 Å². The Morgan fingerprint density at radius 1 is 1.15 bits per heavy atom. The third-order valence-corrected chi connectivity index (χ3v) is 7.55. The number of nitrogens with zero attached hydrogens (tertiary/aromatic N) is 3. The SMILES string of the molecule is COc1cc(OC)nc(N(C)C(=O)NS(=O)(=O)c2ccsc2S(C)(=O)=O)n1. The van der Waals surface area contributed by atoms with Crippen LogP contribution in [0.2, 0.25) is 0 Å². The lowest BCUT2D eigenvalue weighted by Crippen LogP contribution is -2.41. The van der Waals surface area contributed by atoms with Crippen LogP contribution < -0.4 is 19.1 Å². The molecule has 2 aromatic rings. The predicted octanol–water partition coefficient (Wildman–Crippen LogP) is 0.493. The van der Waals surface area contributed by atoms with Gasteiger partial charge >= 0.3 is 6.03 Å². The van der Waals surface area contributed by atoms with Crippen molar-refractivity contribution in [2.45, 2.75) is 9.10 Å². The Labute approximate surface area is 159 Å². The maximum absolute atomic E-state index is 12.4. The second kappa shape index (κ2) is 7.66. The van der Waals surface area contributed by atoms with Gasteiger partial charge in [-0.05, 0) is 11.4 Å². The van der Waals surface area contributed by atoms with Gasteiger partial charge in [-0.1, -0.05) is 0 Å². The standard InChI is InChI=1S/C13H16N4O7S3/c1-17(12-14-9(23-2)7-10(15-12)24-3)13(18)16-27(21,22)8-5-6-25-11(8)26(4,19)20/h5-7H,1-4H3,(H,16,18). The van der Waals surface area contributed by atoms with Crippen molar-refractivity contribution in [2.24, 2.45) is 0 Å². The van der Waals surface area contributed by atoms with Gasteiger partial charge in [-0.25, -0.2) is 26.4 Å². The second-order valence-electron chi connectivity index (χ2n) is 5.07. The monoisotopic (exact) mass is 436 g/mol. The average Bonchev–Trinajstić information content (AvgIpc) is 3.11. The van der Waals surface area contributed by atoms with Gasteiger partial charge in [0.2, 0.25) is 17.7 Å². The molecule has 0 aromatic carbocycles. The maximum Gasteiger partial charge on any atom is 0.337 e. The van der Waals surface area contributed by atoms with Crippen LogP contribution in [0.25, 0.3) is 0 Å². The van der Waals surface area contributed by atoms with Gasteiger partial charge in [-0.2, -0.15) is 9.97 Å². The van der Waals surface area contributed by atoms with Crippen LogP contribution >= 0.6 is 11.3 Å². The fourth-order valence-corrected chi connectivity index (χ4v) is 5.93. The van der Waals surface area contributed by atoms with Crippen LogP contribution in [0.3, 0.4) is 0 Å². The van der Waals surface area contributed by atoms with Gasteiger partial charge in [-0.15, -0.1) is 11.3 Å². The average molecular weight is 436 g/mol.